The first kappa shape index (κ1) is 17.7. The Morgan fingerprint density at radius 2 is 2.21 bits per heavy atom. The molecule has 0 aliphatic heterocycles. The molecule has 1 heterocycles. The first-order valence-corrected chi connectivity index (χ1v) is 6.90. The summed E-state index contributed by atoms with van der Waals surface area (Å²) >= 11 is 0. The first-order chi connectivity index (χ1) is 11.5. The zero-order valence-corrected chi connectivity index (χ0v) is 12.7. The van der Waals surface area contributed by atoms with Crippen molar-refractivity contribution >= 4 is 5.91 Å². The summed E-state index contributed by atoms with van der Waals surface area (Å²) in [6, 6.07) is 3.51. The molecule has 0 radical (unpaired) electrons. The Labute approximate surface area is 135 Å². The Hall–Kier alpha value is -2.62. The molecule has 0 spiro atoms. The molecule has 0 atom stereocenters. The average molecular weight is 344 g/mol. The fourth-order valence-corrected chi connectivity index (χ4v) is 1.87. The van der Waals surface area contributed by atoms with E-state index in [-0.39, 0.29) is 23.6 Å². The summed E-state index contributed by atoms with van der Waals surface area (Å²) in [4.78, 5) is 12.0. The molecule has 7 nitrogen and oxygen atoms in total. The maximum absolute atomic E-state index is 13.8. The molecule has 1 amide bonds. The highest BCUT2D eigenvalue weighted by atomic mass is 19.3. The van der Waals surface area contributed by atoms with E-state index in [0.717, 1.165) is 6.07 Å². The molecular weight excluding hydrogens is 329 g/mol. The van der Waals surface area contributed by atoms with Gasteiger partial charge < -0.3 is 14.8 Å². The summed E-state index contributed by atoms with van der Waals surface area (Å²) < 4.78 is 49.0. The Bertz CT molecular complexity index is 694. The minimum absolute atomic E-state index is 0.0128. The number of carbonyl (C=O) groups is 1. The van der Waals surface area contributed by atoms with Crippen LogP contribution in [0.2, 0.25) is 0 Å². The fraction of sp³-hybridized carbons (Fsp3) is 0.357. The van der Waals surface area contributed by atoms with Crippen molar-refractivity contribution in [3.8, 4) is 5.75 Å². The summed E-state index contributed by atoms with van der Waals surface area (Å²) in [7, 11) is 1.53. The van der Waals surface area contributed by atoms with Crippen molar-refractivity contribution in [2.24, 2.45) is 0 Å². The Balaban J connectivity index is 2.02. The van der Waals surface area contributed by atoms with Gasteiger partial charge in [-0.3, -0.25) is 4.79 Å². The number of alkyl halides is 2. The molecule has 2 aromatic rings. The van der Waals surface area contributed by atoms with Gasteiger partial charge in [-0.1, -0.05) is 11.3 Å². The number of nitrogens with zero attached hydrogens (tertiary/aromatic N) is 3. The van der Waals surface area contributed by atoms with E-state index < -0.39 is 18.3 Å². The number of halogens is 3. The second-order valence-electron chi connectivity index (χ2n) is 4.64. The summed E-state index contributed by atoms with van der Waals surface area (Å²) in [6.07, 6.45) is 1.40. The first-order valence-electron chi connectivity index (χ1n) is 6.90. The van der Waals surface area contributed by atoms with Crippen molar-refractivity contribution in [3.05, 3.63) is 41.5 Å². The molecule has 0 saturated heterocycles. The van der Waals surface area contributed by atoms with Crippen LogP contribution in [0.4, 0.5) is 13.2 Å². The topological polar surface area (TPSA) is 78.3 Å². The van der Waals surface area contributed by atoms with Crippen molar-refractivity contribution in [1.29, 1.82) is 0 Å². The summed E-state index contributed by atoms with van der Waals surface area (Å²) in [5.41, 5.74) is -0.170. The number of carbonyl (C=O) groups excluding carboxylic acids is 1. The minimum atomic E-state index is -3.10. The van der Waals surface area contributed by atoms with Crippen LogP contribution >= 0.6 is 0 Å². The SMILES string of the molecule is COCCn1cc(C(=O)NCc2c(F)cccc2OC(F)F)nn1. The highest BCUT2D eigenvalue weighted by molar-refractivity contribution is 5.91. The van der Waals surface area contributed by atoms with Gasteiger partial charge in [0.05, 0.1) is 19.3 Å². The van der Waals surface area contributed by atoms with Gasteiger partial charge in [0, 0.05) is 19.2 Å². The molecule has 1 aromatic heterocycles. The lowest BCUT2D eigenvalue weighted by molar-refractivity contribution is -0.0506. The number of amides is 1. The third-order valence-electron chi connectivity index (χ3n) is 3.01. The van der Waals surface area contributed by atoms with Crippen LogP contribution in [0.5, 0.6) is 5.75 Å². The second kappa shape index (κ2) is 8.29. The number of ether oxygens (including phenoxy) is 2. The average Bonchev–Trinajstić information content (AvgIpc) is 3.00. The van der Waals surface area contributed by atoms with Crippen LogP contribution in [0.1, 0.15) is 16.1 Å². The molecular formula is C14H15F3N4O3. The number of hydrogen-bond donors (Lipinski definition) is 1. The van der Waals surface area contributed by atoms with Gasteiger partial charge >= 0.3 is 6.61 Å². The van der Waals surface area contributed by atoms with Gasteiger partial charge in [0.1, 0.15) is 11.6 Å². The standard InChI is InChI=1S/C14H15F3N4O3/c1-23-6-5-21-8-11(19-20-21)13(22)18-7-9-10(15)3-2-4-12(9)24-14(16)17/h2-4,8,14H,5-7H2,1H3,(H,18,22). The van der Waals surface area contributed by atoms with E-state index >= 15 is 0 Å². The number of hydrogen-bond acceptors (Lipinski definition) is 5. The Kier molecular flexibility index (Phi) is 6.13. The molecule has 0 unspecified atom stereocenters. The molecule has 0 bridgehead atoms. The molecule has 2 rings (SSSR count). The maximum atomic E-state index is 13.8. The largest absolute Gasteiger partial charge is 0.434 e. The molecule has 0 aliphatic carbocycles. The lowest BCUT2D eigenvalue weighted by Crippen LogP contribution is -2.24. The van der Waals surface area contributed by atoms with Crippen molar-refractivity contribution in [2.45, 2.75) is 19.7 Å². The molecule has 24 heavy (non-hydrogen) atoms. The van der Waals surface area contributed by atoms with Crippen molar-refractivity contribution in [2.75, 3.05) is 13.7 Å². The zero-order valence-electron chi connectivity index (χ0n) is 12.7. The van der Waals surface area contributed by atoms with Crippen LogP contribution in [0, 0.1) is 5.82 Å². The predicted molar refractivity (Wildman–Crippen MR) is 76.1 cm³/mol. The van der Waals surface area contributed by atoms with Crippen LogP contribution in [0.3, 0.4) is 0 Å². The van der Waals surface area contributed by atoms with Crippen molar-refractivity contribution in [1.82, 2.24) is 20.3 Å². The lowest BCUT2D eigenvalue weighted by atomic mass is 10.2. The third-order valence-corrected chi connectivity index (χ3v) is 3.01. The predicted octanol–water partition coefficient (Wildman–Crippen LogP) is 1.60. The van der Waals surface area contributed by atoms with E-state index in [1.165, 1.54) is 30.1 Å². The third kappa shape index (κ3) is 4.69. The molecule has 0 saturated carbocycles. The second-order valence-corrected chi connectivity index (χ2v) is 4.64. The van der Waals surface area contributed by atoms with Gasteiger partial charge in [-0.05, 0) is 12.1 Å². The molecule has 10 heteroatoms. The summed E-state index contributed by atoms with van der Waals surface area (Å²) in [5, 5.41) is 9.80. The molecule has 0 fully saturated rings. The van der Waals surface area contributed by atoms with E-state index in [0.29, 0.717) is 13.2 Å². The molecule has 1 N–H and O–H groups in total. The van der Waals surface area contributed by atoms with Crippen LogP contribution < -0.4 is 10.1 Å². The van der Waals surface area contributed by atoms with Gasteiger partial charge in [0.2, 0.25) is 0 Å². The van der Waals surface area contributed by atoms with Crippen molar-refractivity contribution < 1.29 is 27.4 Å². The van der Waals surface area contributed by atoms with Gasteiger partial charge in [-0.25, -0.2) is 9.07 Å². The van der Waals surface area contributed by atoms with E-state index in [1.807, 2.05) is 0 Å². The van der Waals surface area contributed by atoms with Gasteiger partial charge in [0.25, 0.3) is 5.91 Å². The van der Waals surface area contributed by atoms with Gasteiger partial charge in [-0.2, -0.15) is 8.78 Å². The quantitative estimate of drug-likeness (QED) is 0.787. The zero-order chi connectivity index (χ0) is 17.5. The van der Waals surface area contributed by atoms with E-state index in [2.05, 4.69) is 20.4 Å². The van der Waals surface area contributed by atoms with Crippen molar-refractivity contribution in [3.63, 3.8) is 0 Å². The van der Waals surface area contributed by atoms with Crippen LogP contribution in [0.15, 0.2) is 24.4 Å². The molecule has 0 aliphatic rings. The van der Waals surface area contributed by atoms with E-state index in [4.69, 9.17) is 4.74 Å². The number of nitrogens with one attached hydrogen (secondary N) is 1. The van der Waals surface area contributed by atoms with Crippen LogP contribution in [0.25, 0.3) is 0 Å². The Morgan fingerprint density at radius 1 is 1.42 bits per heavy atom. The highest BCUT2D eigenvalue weighted by Gasteiger charge is 2.16. The maximum Gasteiger partial charge on any atom is 0.387 e. The number of rotatable bonds is 8. The number of benzene rings is 1. The highest BCUT2D eigenvalue weighted by Crippen LogP contribution is 2.23. The number of methoxy groups -OCH3 is 1. The van der Waals surface area contributed by atoms with Gasteiger partial charge in [-0.15, -0.1) is 5.10 Å². The molecule has 1 aromatic carbocycles. The van der Waals surface area contributed by atoms with Crippen LogP contribution in [-0.4, -0.2) is 41.2 Å². The summed E-state index contributed by atoms with van der Waals surface area (Å²) in [6.45, 7) is -2.62. The minimum Gasteiger partial charge on any atom is -0.434 e. The fourth-order valence-electron chi connectivity index (χ4n) is 1.87. The van der Waals surface area contributed by atoms with Gasteiger partial charge in [0.15, 0.2) is 5.69 Å². The lowest BCUT2D eigenvalue weighted by Gasteiger charge is -2.11. The van der Waals surface area contributed by atoms with Crippen LogP contribution in [-0.2, 0) is 17.8 Å². The number of aromatic nitrogens is 3. The summed E-state index contributed by atoms with van der Waals surface area (Å²) in [5.74, 6) is -1.73. The molecule has 130 valence electrons. The van der Waals surface area contributed by atoms with E-state index in [1.54, 1.807) is 0 Å². The normalized spacial score (nSPS) is 10.9. The smallest absolute Gasteiger partial charge is 0.387 e. The Morgan fingerprint density at radius 3 is 2.92 bits per heavy atom. The monoisotopic (exact) mass is 344 g/mol. The van der Waals surface area contributed by atoms with E-state index in [9.17, 15) is 18.0 Å².